The van der Waals surface area contributed by atoms with Crippen LogP contribution in [0.2, 0.25) is 0 Å². The predicted octanol–water partition coefficient (Wildman–Crippen LogP) is 2.18. The molecule has 0 bridgehead atoms. The molecular weight excluding hydrogens is 250 g/mol. The minimum atomic E-state index is -1.09. The molecule has 5 heteroatoms. The average Bonchev–Trinajstić information content (AvgIpc) is 2.43. The second kappa shape index (κ2) is 6.61. The molecule has 1 N–H and O–H groups in total. The summed E-state index contributed by atoms with van der Waals surface area (Å²) >= 11 is 0. The van der Waals surface area contributed by atoms with Crippen molar-refractivity contribution < 1.29 is 13.6 Å². The summed E-state index contributed by atoms with van der Waals surface area (Å²) in [6, 6.07) is 3.62. The first kappa shape index (κ1) is 13.9. The summed E-state index contributed by atoms with van der Waals surface area (Å²) in [5.74, 6) is -2.64. The second-order valence-electron chi connectivity index (χ2n) is 4.76. The number of nitrogens with zero attached hydrogens (tertiary/aromatic N) is 1. The van der Waals surface area contributed by atoms with Crippen molar-refractivity contribution >= 4 is 5.91 Å². The highest BCUT2D eigenvalue weighted by molar-refractivity contribution is 5.94. The van der Waals surface area contributed by atoms with E-state index in [-0.39, 0.29) is 5.56 Å². The molecule has 1 aromatic rings. The number of rotatable bonds is 4. The first-order valence-corrected chi connectivity index (χ1v) is 6.63. The van der Waals surface area contributed by atoms with E-state index in [0.717, 1.165) is 25.7 Å². The van der Waals surface area contributed by atoms with Gasteiger partial charge in [-0.1, -0.05) is 12.5 Å². The van der Waals surface area contributed by atoms with Gasteiger partial charge in [-0.05, 0) is 38.1 Å². The van der Waals surface area contributed by atoms with Gasteiger partial charge in [0.2, 0.25) is 0 Å². The Morgan fingerprint density at radius 1 is 1.21 bits per heavy atom. The second-order valence-corrected chi connectivity index (χ2v) is 4.76. The summed E-state index contributed by atoms with van der Waals surface area (Å²) in [6.45, 7) is 3.30. The molecule has 0 atom stereocenters. The van der Waals surface area contributed by atoms with Crippen molar-refractivity contribution in [2.45, 2.75) is 19.3 Å². The van der Waals surface area contributed by atoms with Crippen LogP contribution in [0.4, 0.5) is 8.78 Å². The minimum absolute atomic E-state index is 0.237. The van der Waals surface area contributed by atoms with Crippen molar-refractivity contribution in [1.82, 2.24) is 10.2 Å². The number of nitrogens with one attached hydrogen (secondary N) is 1. The molecule has 3 nitrogen and oxygen atoms in total. The first-order valence-electron chi connectivity index (χ1n) is 6.63. The molecule has 1 aliphatic heterocycles. The van der Waals surface area contributed by atoms with Crippen LogP contribution in [0, 0.1) is 11.6 Å². The Bertz CT molecular complexity index is 445. The molecule has 0 radical (unpaired) electrons. The zero-order chi connectivity index (χ0) is 13.7. The van der Waals surface area contributed by atoms with E-state index >= 15 is 0 Å². The van der Waals surface area contributed by atoms with Crippen LogP contribution in [-0.4, -0.2) is 37.0 Å². The lowest BCUT2D eigenvalue weighted by Gasteiger charge is -2.26. The molecule has 0 aliphatic carbocycles. The van der Waals surface area contributed by atoms with Crippen molar-refractivity contribution in [2.75, 3.05) is 26.2 Å². The Morgan fingerprint density at radius 2 is 1.95 bits per heavy atom. The Balaban J connectivity index is 1.82. The Hall–Kier alpha value is -1.49. The normalized spacial score (nSPS) is 16.3. The molecule has 19 heavy (non-hydrogen) atoms. The Labute approximate surface area is 111 Å². The van der Waals surface area contributed by atoms with Gasteiger partial charge in [0.25, 0.3) is 5.91 Å². The van der Waals surface area contributed by atoms with Crippen LogP contribution in [0.15, 0.2) is 18.2 Å². The van der Waals surface area contributed by atoms with Crippen LogP contribution in [0.25, 0.3) is 0 Å². The molecule has 1 amide bonds. The molecule has 0 aromatic heterocycles. The fraction of sp³-hybridized carbons (Fsp3) is 0.500. The number of halogens is 2. The van der Waals surface area contributed by atoms with E-state index in [1.807, 2.05) is 0 Å². The Morgan fingerprint density at radius 3 is 2.68 bits per heavy atom. The van der Waals surface area contributed by atoms with Crippen LogP contribution in [0.1, 0.15) is 29.6 Å². The SMILES string of the molecule is O=C(NCCN1CCCCC1)c1cccc(F)c1F. The van der Waals surface area contributed by atoms with Crippen LogP contribution >= 0.6 is 0 Å². The van der Waals surface area contributed by atoms with E-state index < -0.39 is 17.5 Å². The van der Waals surface area contributed by atoms with Gasteiger partial charge in [-0.2, -0.15) is 0 Å². The molecule has 0 spiro atoms. The summed E-state index contributed by atoms with van der Waals surface area (Å²) in [7, 11) is 0. The summed E-state index contributed by atoms with van der Waals surface area (Å²) in [6.07, 6.45) is 3.64. The van der Waals surface area contributed by atoms with Crippen molar-refractivity contribution in [3.63, 3.8) is 0 Å². The van der Waals surface area contributed by atoms with Crippen molar-refractivity contribution in [3.05, 3.63) is 35.4 Å². The highest BCUT2D eigenvalue weighted by Gasteiger charge is 2.15. The molecule has 0 unspecified atom stereocenters. The van der Waals surface area contributed by atoms with Crippen molar-refractivity contribution in [3.8, 4) is 0 Å². The molecule has 1 fully saturated rings. The molecular formula is C14H18F2N2O. The molecule has 0 saturated carbocycles. The zero-order valence-electron chi connectivity index (χ0n) is 10.8. The third-order valence-electron chi connectivity index (χ3n) is 3.36. The number of benzene rings is 1. The molecule has 104 valence electrons. The molecule has 1 aliphatic rings. The number of likely N-dealkylation sites (tertiary alicyclic amines) is 1. The van der Waals surface area contributed by atoms with Gasteiger partial charge in [-0.3, -0.25) is 4.79 Å². The van der Waals surface area contributed by atoms with Gasteiger partial charge in [-0.15, -0.1) is 0 Å². The van der Waals surface area contributed by atoms with Gasteiger partial charge in [0.05, 0.1) is 5.56 Å². The van der Waals surface area contributed by atoms with Crippen molar-refractivity contribution in [1.29, 1.82) is 0 Å². The fourth-order valence-corrected chi connectivity index (χ4v) is 2.28. The zero-order valence-corrected chi connectivity index (χ0v) is 10.8. The number of hydrogen-bond acceptors (Lipinski definition) is 2. The summed E-state index contributed by atoms with van der Waals surface area (Å²) < 4.78 is 26.4. The van der Waals surface area contributed by atoms with E-state index in [0.29, 0.717) is 6.54 Å². The van der Waals surface area contributed by atoms with Crippen LogP contribution in [-0.2, 0) is 0 Å². The highest BCUT2D eigenvalue weighted by atomic mass is 19.2. The van der Waals surface area contributed by atoms with Gasteiger partial charge < -0.3 is 10.2 Å². The quantitative estimate of drug-likeness (QED) is 0.907. The van der Waals surface area contributed by atoms with Crippen LogP contribution in [0.3, 0.4) is 0 Å². The van der Waals surface area contributed by atoms with Gasteiger partial charge in [0.15, 0.2) is 11.6 Å². The maximum atomic E-state index is 13.4. The maximum absolute atomic E-state index is 13.4. The van der Waals surface area contributed by atoms with E-state index in [2.05, 4.69) is 10.2 Å². The summed E-state index contributed by atoms with van der Waals surface area (Å²) in [5.41, 5.74) is -0.237. The number of amides is 1. The summed E-state index contributed by atoms with van der Waals surface area (Å²) in [5, 5.41) is 2.63. The smallest absolute Gasteiger partial charge is 0.254 e. The fourth-order valence-electron chi connectivity index (χ4n) is 2.28. The van der Waals surface area contributed by atoms with Crippen molar-refractivity contribution in [2.24, 2.45) is 0 Å². The number of carbonyl (C=O) groups excluding carboxylic acids is 1. The van der Waals surface area contributed by atoms with E-state index in [1.165, 1.54) is 31.4 Å². The molecule has 1 heterocycles. The maximum Gasteiger partial charge on any atom is 0.254 e. The largest absolute Gasteiger partial charge is 0.351 e. The van der Waals surface area contributed by atoms with Crippen LogP contribution < -0.4 is 5.32 Å². The predicted molar refractivity (Wildman–Crippen MR) is 69.0 cm³/mol. The lowest BCUT2D eigenvalue weighted by molar-refractivity contribution is 0.0941. The van der Waals surface area contributed by atoms with Crippen LogP contribution in [0.5, 0.6) is 0 Å². The number of piperidine rings is 1. The monoisotopic (exact) mass is 268 g/mol. The number of carbonyl (C=O) groups is 1. The molecule has 2 rings (SSSR count). The van der Waals surface area contributed by atoms with E-state index in [1.54, 1.807) is 0 Å². The minimum Gasteiger partial charge on any atom is -0.351 e. The third-order valence-corrected chi connectivity index (χ3v) is 3.36. The van der Waals surface area contributed by atoms with E-state index in [4.69, 9.17) is 0 Å². The lowest BCUT2D eigenvalue weighted by atomic mass is 10.1. The van der Waals surface area contributed by atoms with Gasteiger partial charge in [0, 0.05) is 13.1 Å². The topological polar surface area (TPSA) is 32.3 Å². The molecule has 1 saturated heterocycles. The third kappa shape index (κ3) is 3.73. The van der Waals surface area contributed by atoms with Gasteiger partial charge in [-0.25, -0.2) is 8.78 Å². The van der Waals surface area contributed by atoms with Gasteiger partial charge in [0.1, 0.15) is 0 Å². The van der Waals surface area contributed by atoms with Gasteiger partial charge >= 0.3 is 0 Å². The first-order chi connectivity index (χ1) is 9.18. The summed E-state index contributed by atoms with van der Waals surface area (Å²) in [4.78, 5) is 14.0. The average molecular weight is 268 g/mol. The highest BCUT2D eigenvalue weighted by Crippen LogP contribution is 2.11. The standard InChI is InChI=1S/C14H18F2N2O/c15-12-6-4-5-11(13(12)16)14(19)17-7-10-18-8-2-1-3-9-18/h4-6H,1-3,7-10H2,(H,17,19). The number of hydrogen-bond donors (Lipinski definition) is 1. The molecule has 1 aromatic carbocycles. The van der Waals surface area contributed by atoms with E-state index in [9.17, 15) is 13.6 Å². The lowest BCUT2D eigenvalue weighted by Crippen LogP contribution is -2.37. The Kier molecular flexibility index (Phi) is 4.85.